The number of thiophene rings is 1. The molecule has 0 saturated carbocycles. The van der Waals surface area contributed by atoms with Crippen LogP contribution in [-0.2, 0) is 14.3 Å². The molecule has 0 fully saturated rings. The van der Waals surface area contributed by atoms with E-state index >= 15 is 0 Å². The van der Waals surface area contributed by atoms with Crippen molar-refractivity contribution in [1.29, 1.82) is 0 Å². The summed E-state index contributed by atoms with van der Waals surface area (Å²) < 4.78 is 5.60. The van der Waals surface area contributed by atoms with E-state index in [1.165, 1.54) is 16.2 Å². The van der Waals surface area contributed by atoms with Gasteiger partial charge in [-0.15, -0.1) is 11.3 Å². The van der Waals surface area contributed by atoms with Crippen LogP contribution in [0.3, 0.4) is 0 Å². The fourth-order valence-electron chi connectivity index (χ4n) is 3.41. The third-order valence-corrected chi connectivity index (χ3v) is 5.77. The van der Waals surface area contributed by atoms with Gasteiger partial charge in [-0.25, -0.2) is 0 Å². The Morgan fingerprint density at radius 1 is 0.966 bits per heavy atom. The molecule has 0 aliphatic carbocycles. The van der Waals surface area contributed by atoms with Gasteiger partial charge in [-0.3, -0.25) is 14.5 Å². The lowest BCUT2D eigenvalue weighted by molar-refractivity contribution is -0.137. The van der Waals surface area contributed by atoms with Crippen molar-refractivity contribution in [3.05, 3.63) is 58.4 Å². The van der Waals surface area contributed by atoms with Gasteiger partial charge in [-0.1, -0.05) is 37.6 Å². The summed E-state index contributed by atoms with van der Waals surface area (Å²) in [5.41, 5.74) is 1.88. The van der Waals surface area contributed by atoms with Crippen molar-refractivity contribution in [2.45, 2.75) is 33.1 Å². The van der Waals surface area contributed by atoms with Gasteiger partial charge in [-0.2, -0.15) is 0 Å². The Labute approximate surface area is 176 Å². The lowest BCUT2D eigenvalue weighted by Crippen LogP contribution is -2.36. The highest BCUT2D eigenvalue weighted by molar-refractivity contribution is 7.11. The second-order valence-corrected chi connectivity index (χ2v) is 7.81. The number of rotatable bonds is 11. The summed E-state index contributed by atoms with van der Waals surface area (Å²) in [4.78, 5) is 30.7. The maximum absolute atomic E-state index is 13.3. The van der Waals surface area contributed by atoms with E-state index in [1.807, 2.05) is 59.7 Å². The molecule has 0 unspecified atom stereocenters. The number of imide groups is 1. The van der Waals surface area contributed by atoms with E-state index in [9.17, 15) is 9.59 Å². The van der Waals surface area contributed by atoms with E-state index in [-0.39, 0.29) is 11.8 Å². The molecular formula is C23H28N2O3S. The van der Waals surface area contributed by atoms with Gasteiger partial charge < -0.3 is 9.64 Å². The van der Waals surface area contributed by atoms with E-state index in [4.69, 9.17) is 4.74 Å². The molecule has 0 bridgehead atoms. The zero-order valence-corrected chi connectivity index (χ0v) is 17.9. The van der Waals surface area contributed by atoms with Crippen molar-refractivity contribution >= 4 is 34.4 Å². The van der Waals surface area contributed by atoms with Crippen LogP contribution in [0.1, 0.15) is 38.0 Å². The van der Waals surface area contributed by atoms with Crippen LogP contribution in [0.15, 0.2) is 53.5 Å². The third-order valence-electron chi connectivity index (χ3n) is 4.88. The summed E-state index contributed by atoms with van der Waals surface area (Å²) in [7, 11) is 0. The molecule has 0 radical (unpaired) electrons. The fraction of sp³-hybridized carbons (Fsp3) is 0.391. The molecule has 1 aliphatic rings. The Morgan fingerprint density at radius 3 is 2.38 bits per heavy atom. The van der Waals surface area contributed by atoms with Gasteiger partial charge in [0.25, 0.3) is 11.8 Å². The molecule has 6 heteroatoms. The largest absolute Gasteiger partial charge is 0.381 e. The van der Waals surface area contributed by atoms with Gasteiger partial charge in [0.1, 0.15) is 5.70 Å². The van der Waals surface area contributed by atoms with Gasteiger partial charge >= 0.3 is 0 Å². The van der Waals surface area contributed by atoms with Crippen molar-refractivity contribution in [3.63, 3.8) is 0 Å². The van der Waals surface area contributed by atoms with Gasteiger partial charge in [0.15, 0.2) is 0 Å². The van der Waals surface area contributed by atoms with Crippen molar-refractivity contribution in [2.24, 2.45) is 0 Å². The normalized spacial score (nSPS) is 14.2. The minimum absolute atomic E-state index is 0.213. The highest BCUT2D eigenvalue weighted by atomic mass is 32.1. The van der Waals surface area contributed by atoms with Crippen molar-refractivity contribution in [3.8, 4) is 0 Å². The van der Waals surface area contributed by atoms with Crippen molar-refractivity contribution < 1.29 is 14.3 Å². The van der Waals surface area contributed by atoms with Gasteiger partial charge in [0.05, 0.1) is 5.57 Å². The van der Waals surface area contributed by atoms with E-state index in [2.05, 4.69) is 6.92 Å². The van der Waals surface area contributed by atoms with Crippen LogP contribution >= 0.6 is 11.3 Å². The minimum atomic E-state index is -0.224. The van der Waals surface area contributed by atoms with Crippen LogP contribution in [-0.4, -0.2) is 43.0 Å². The molecule has 2 aromatic rings. The SMILES string of the molecule is CCCCOCCCN1C(=O)C(c2cccs2)=C(N(CC)c2ccccc2)C1=O. The van der Waals surface area contributed by atoms with Crippen LogP contribution in [0.4, 0.5) is 5.69 Å². The number of hydrogen-bond acceptors (Lipinski definition) is 5. The number of carbonyl (C=O) groups is 2. The number of benzene rings is 1. The number of ether oxygens (including phenoxy) is 1. The highest BCUT2D eigenvalue weighted by Gasteiger charge is 2.41. The number of para-hydroxylation sites is 1. The lowest BCUT2D eigenvalue weighted by Gasteiger charge is -2.24. The summed E-state index contributed by atoms with van der Waals surface area (Å²) in [6.07, 6.45) is 2.76. The highest BCUT2D eigenvalue weighted by Crippen LogP contribution is 2.35. The molecule has 3 rings (SSSR count). The number of unbranched alkanes of at least 4 members (excludes halogenated alkanes) is 1. The van der Waals surface area contributed by atoms with Crippen LogP contribution in [0.5, 0.6) is 0 Å². The second kappa shape index (κ2) is 10.4. The Hall–Kier alpha value is -2.44. The topological polar surface area (TPSA) is 49.9 Å². The standard InChI is InChI=1S/C23H28N2O3S/c1-3-5-15-28-16-10-14-25-22(26)20(19-13-9-17-29-19)21(23(25)27)24(4-2)18-11-7-6-8-12-18/h6-9,11-13,17H,3-5,10,14-16H2,1-2H3. The number of likely N-dealkylation sites (N-methyl/N-ethyl adjacent to an activating group) is 1. The molecule has 29 heavy (non-hydrogen) atoms. The molecule has 1 aromatic carbocycles. The van der Waals surface area contributed by atoms with Gasteiger partial charge in [0.2, 0.25) is 0 Å². The number of amides is 2. The van der Waals surface area contributed by atoms with Gasteiger partial charge in [-0.05, 0) is 43.3 Å². The molecule has 5 nitrogen and oxygen atoms in total. The van der Waals surface area contributed by atoms with E-state index in [0.29, 0.717) is 37.4 Å². The third kappa shape index (κ3) is 4.77. The lowest BCUT2D eigenvalue weighted by atomic mass is 10.1. The Morgan fingerprint density at radius 2 is 1.72 bits per heavy atom. The summed E-state index contributed by atoms with van der Waals surface area (Å²) in [6, 6.07) is 13.6. The average molecular weight is 413 g/mol. The molecular weight excluding hydrogens is 384 g/mol. The number of hydrogen-bond donors (Lipinski definition) is 0. The van der Waals surface area contributed by atoms with E-state index < -0.39 is 0 Å². The summed E-state index contributed by atoms with van der Waals surface area (Å²) in [6.45, 7) is 6.36. The zero-order valence-electron chi connectivity index (χ0n) is 17.1. The smallest absolute Gasteiger partial charge is 0.278 e. The van der Waals surface area contributed by atoms with Crippen LogP contribution in [0, 0.1) is 0 Å². The maximum atomic E-state index is 13.3. The summed E-state index contributed by atoms with van der Waals surface area (Å²) >= 11 is 1.48. The first-order valence-electron chi connectivity index (χ1n) is 10.2. The number of anilines is 1. The predicted octanol–water partition coefficient (Wildman–Crippen LogP) is 4.56. The molecule has 0 N–H and O–H groups in total. The monoisotopic (exact) mass is 412 g/mol. The van der Waals surface area contributed by atoms with Crippen LogP contribution in [0.25, 0.3) is 5.57 Å². The predicted molar refractivity (Wildman–Crippen MR) is 118 cm³/mol. The first-order valence-corrected chi connectivity index (χ1v) is 11.1. The first-order chi connectivity index (χ1) is 14.2. The summed E-state index contributed by atoms with van der Waals surface area (Å²) in [5, 5.41) is 1.93. The molecule has 0 saturated heterocycles. The molecule has 1 aromatic heterocycles. The molecule has 2 heterocycles. The van der Waals surface area contributed by atoms with Crippen molar-refractivity contribution in [2.75, 3.05) is 31.2 Å². The minimum Gasteiger partial charge on any atom is -0.381 e. The quantitative estimate of drug-likeness (QED) is 0.401. The van der Waals surface area contributed by atoms with Crippen molar-refractivity contribution in [1.82, 2.24) is 4.90 Å². The molecule has 0 atom stereocenters. The van der Waals surface area contributed by atoms with E-state index in [0.717, 1.165) is 30.0 Å². The fourth-order valence-corrected chi connectivity index (χ4v) is 4.17. The van der Waals surface area contributed by atoms with Crippen LogP contribution < -0.4 is 4.90 Å². The molecule has 154 valence electrons. The Kier molecular flexibility index (Phi) is 7.61. The average Bonchev–Trinajstić information content (AvgIpc) is 3.34. The molecule has 0 spiro atoms. The molecule has 1 aliphatic heterocycles. The first kappa shape index (κ1) is 21.3. The molecule has 2 amide bonds. The van der Waals surface area contributed by atoms with E-state index in [1.54, 1.807) is 0 Å². The number of nitrogens with zero attached hydrogens (tertiary/aromatic N) is 2. The zero-order chi connectivity index (χ0) is 20.6. The Balaban J connectivity index is 1.84. The van der Waals surface area contributed by atoms with Crippen LogP contribution in [0.2, 0.25) is 0 Å². The van der Waals surface area contributed by atoms with Gasteiger partial charge in [0, 0.05) is 36.9 Å². The second-order valence-electron chi connectivity index (χ2n) is 6.86. The Bertz CT molecular complexity index is 846. The number of carbonyl (C=O) groups excluding carboxylic acids is 2. The maximum Gasteiger partial charge on any atom is 0.278 e. The summed E-state index contributed by atoms with van der Waals surface area (Å²) in [5.74, 6) is -0.437.